The number of aryl methyl sites for hydroxylation is 1. The predicted octanol–water partition coefficient (Wildman–Crippen LogP) is 4.47. The van der Waals surface area contributed by atoms with E-state index in [4.69, 9.17) is 14.8 Å². The van der Waals surface area contributed by atoms with Crippen LogP contribution in [0.5, 0.6) is 5.75 Å². The van der Waals surface area contributed by atoms with Gasteiger partial charge in [0.2, 0.25) is 0 Å². The summed E-state index contributed by atoms with van der Waals surface area (Å²) in [5.41, 5.74) is 4.44. The Bertz CT molecular complexity index is 904. The monoisotopic (exact) mass is 348 g/mol. The van der Waals surface area contributed by atoms with E-state index in [1.54, 1.807) is 37.6 Å². The summed E-state index contributed by atoms with van der Waals surface area (Å²) < 4.78 is 5.21. The number of carboxylic acid groups (broad SMARTS) is 1. The minimum Gasteiger partial charge on any atom is -0.497 e. The van der Waals surface area contributed by atoms with E-state index in [2.05, 4.69) is 11.9 Å². The molecule has 3 aromatic rings. The van der Waals surface area contributed by atoms with Crippen LogP contribution < -0.4 is 4.74 Å². The highest BCUT2D eigenvalue weighted by Crippen LogP contribution is 2.30. The van der Waals surface area contributed by atoms with E-state index < -0.39 is 5.97 Å². The van der Waals surface area contributed by atoms with E-state index >= 15 is 0 Å². The van der Waals surface area contributed by atoms with Crippen LogP contribution in [0.25, 0.3) is 22.5 Å². The van der Waals surface area contributed by atoms with Gasteiger partial charge in [-0.3, -0.25) is 4.98 Å². The summed E-state index contributed by atoms with van der Waals surface area (Å²) in [6.45, 7) is 2.10. The van der Waals surface area contributed by atoms with Crippen LogP contribution in [-0.4, -0.2) is 28.2 Å². The van der Waals surface area contributed by atoms with E-state index in [1.807, 2.05) is 24.3 Å². The zero-order valence-electron chi connectivity index (χ0n) is 14.8. The zero-order valence-corrected chi connectivity index (χ0v) is 14.8. The first-order valence-corrected chi connectivity index (χ1v) is 8.46. The minimum atomic E-state index is -0.947. The van der Waals surface area contributed by atoms with Crippen molar-refractivity contribution >= 4 is 5.97 Å². The number of carbonyl (C=O) groups is 1. The lowest BCUT2D eigenvalue weighted by molar-refractivity contribution is 0.0697. The molecule has 0 saturated heterocycles. The molecular formula is C21H20N2O3. The van der Waals surface area contributed by atoms with Crippen molar-refractivity contribution in [1.29, 1.82) is 0 Å². The van der Waals surface area contributed by atoms with Gasteiger partial charge in [-0.15, -0.1) is 0 Å². The SMILES string of the molecule is CCCc1cnc(-c2ccc(OC)cc2)c(-c2ccc(C(=O)O)cc2)n1. The Morgan fingerprint density at radius 1 is 1.00 bits per heavy atom. The Labute approximate surface area is 152 Å². The molecule has 0 radical (unpaired) electrons. The number of aromatic carboxylic acids is 1. The van der Waals surface area contributed by atoms with Crippen molar-refractivity contribution in [2.45, 2.75) is 19.8 Å². The van der Waals surface area contributed by atoms with Gasteiger partial charge in [0.25, 0.3) is 0 Å². The fourth-order valence-corrected chi connectivity index (χ4v) is 2.73. The van der Waals surface area contributed by atoms with Gasteiger partial charge in [0, 0.05) is 17.3 Å². The van der Waals surface area contributed by atoms with E-state index in [-0.39, 0.29) is 5.56 Å². The molecule has 1 aromatic heterocycles. The van der Waals surface area contributed by atoms with Crippen LogP contribution in [0.2, 0.25) is 0 Å². The summed E-state index contributed by atoms with van der Waals surface area (Å²) in [6, 6.07) is 14.4. The molecule has 0 amide bonds. The second-order valence-electron chi connectivity index (χ2n) is 5.92. The molecule has 2 aromatic carbocycles. The standard InChI is InChI=1S/C21H20N2O3/c1-3-4-17-13-22-19(14-9-11-18(26-2)12-10-14)20(23-17)15-5-7-16(8-6-15)21(24)25/h5-13H,3-4H2,1-2H3,(H,24,25). The van der Waals surface area contributed by atoms with Crippen LogP contribution >= 0.6 is 0 Å². The number of ether oxygens (including phenoxy) is 1. The minimum absolute atomic E-state index is 0.248. The largest absolute Gasteiger partial charge is 0.497 e. The smallest absolute Gasteiger partial charge is 0.335 e. The van der Waals surface area contributed by atoms with Crippen molar-refractivity contribution in [2.24, 2.45) is 0 Å². The molecule has 0 saturated carbocycles. The Balaban J connectivity index is 2.10. The topological polar surface area (TPSA) is 72.3 Å². The molecule has 132 valence electrons. The van der Waals surface area contributed by atoms with Crippen LogP contribution in [0.3, 0.4) is 0 Å². The maximum Gasteiger partial charge on any atom is 0.335 e. The van der Waals surface area contributed by atoms with Crippen molar-refractivity contribution in [3.05, 3.63) is 66.0 Å². The van der Waals surface area contributed by atoms with Crippen molar-refractivity contribution in [2.75, 3.05) is 7.11 Å². The van der Waals surface area contributed by atoms with Gasteiger partial charge in [0.15, 0.2) is 0 Å². The van der Waals surface area contributed by atoms with Crippen LogP contribution in [-0.2, 0) is 6.42 Å². The Morgan fingerprint density at radius 3 is 2.19 bits per heavy atom. The van der Waals surface area contributed by atoms with Crippen molar-refractivity contribution in [3.63, 3.8) is 0 Å². The maximum absolute atomic E-state index is 11.1. The number of methoxy groups -OCH3 is 1. The van der Waals surface area contributed by atoms with Gasteiger partial charge in [-0.2, -0.15) is 0 Å². The normalized spacial score (nSPS) is 10.5. The molecule has 0 aliphatic rings. The van der Waals surface area contributed by atoms with Gasteiger partial charge in [0.05, 0.1) is 29.8 Å². The van der Waals surface area contributed by atoms with E-state index in [1.165, 1.54) is 0 Å². The Morgan fingerprint density at radius 2 is 1.62 bits per heavy atom. The number of aromatic nitrogens is 2. The van der Waals surface area contributed by atoms with Crippen LogP contribution in [0.1, 0.15) is 29.4 Å². The fourth-order valence-electron chi connectivity index (χ4n) is 2.73. The van der Waals surface area contributed by atoms with Gasteiger partial charge in [-0.05, 0) is 42.8 Å². The third-order valence-corrected chi connectivity index (χ3v) is 4.10. The molecule has 5 nitrogen and oxygen atoms in total. The van der Waals surface area contributed by atoms with Gasteiger partial charge >= 0.3 is 5.97 Å². The predicted molar refractivity (Wildman–Crippen MR) is 100 cm³/mol. The van der Waals surface area contributed by atoms with Crippen LogP contribution in [0.4, 0.5) is 0 Å². The Hall–Kier alpha value is -3.21. The molecule has 1 N–H and O–H groups in total. The molecule has 0 atom stereocenters. The summed E-state index contributed by atoms with van der Waals surface area (Å²) >= 11 is 0. The van der Waals surface area contributed by atoms with Gasteiger partial charge in [-0.25, -0.2) is 9.78 Å². The number of carboxylic acids is 1. The van der Waals surface area contributed by atoms with E-state index in [0.717, 1.165) is 46.8 Å². The van der Waals surface area contributed by atoms with Gasteiger partial charge in [0.1, 0.15) is 5.75 Å². The highest BCUT2D eigenvalue weighted by Gasteiger charge is 2.13. The van der Waals surface area contributed by atoms with E-state index in [9.17, 15) is 4.79 Å². The zero-order chi connectivity index (χ0) is 18.5. The maximum atomic E-state index is 11.1. The van der Waals surface area contributed by atoms with Gasteiger partial charge in [-0.1, -0.05) is 25.5 Å². The summed E-state index contributed by atoms with van der Waals surface area (Å²) in [4.78, 5) is 20.5. The molecular weight excluding hydrogens is 328 g/mol. The summed E-state index contributed by atoms with van der Waals surface area (Å²) in [6.07, 6.45) is 3.63. The van der Waals surface area contributed by atoms with Crippen LogP contribution in [0.15, 0.2) is 54.7 Å². The van der Waals surface area contributed by atoms with E-state index in [0.29, 0.717) is 0 Å². The molecule has 0 aliphatic heterocycles. The lowest BCUT2D eigenvalue weighted by atomic mass is 10.0. The second-order valence-corrected chi connectivity index (χ2v) is 5.92. The van der Waals surface area contributed by atoms with Gasteiger partial charge < -0.3 is 9.84 Å². The lowest BCUT2D eigenvalue weighted by Gasteiger charge is -2.11. The summed E-state index contributed by atoms with van der Waals surface area (Å²) in [5.74, 6) is -0.172. The summed E-state index contributed by atoms with van der Waals surface area (Å²) in [7, 11) is 1.63. The lowest BCUT2D eigenvalue weighted by Crippen LogP contribution is -2.00. The molecule has 0 unspecified atom stereocenters. The average molecular weight is 348 g/mol. The number of hydrogen-bond donors (Lipinski definition) is 1. The van der Waals surface area contributed by atoms with Crippen molar-refractivity contribution < 1.29 is 14.6 Å². The highest BCUT2D eigenvalue weighted by atomic mass is 16.5. The molecule has 0 aliphatic carbocycles. The fraction of sp³-hybridized carbons (Fsp3) is 0.190. The summed E-state index contributed by atoms with van der Waals surface area (Å²) in [5, 5.41) is 9.10. The number of hydrogen-bond acceptors (Lipinski definition) is 4. The van der Waals surface area contributed by atoms with Crippen molar-refractivity contribution in [3.8, 4) is 28.3 Å². The first-order valence-electron chi connectivity index (χ1n) is 8.46. The Kier molecular flexibility index (Phi) is 5.27. The molecule has 0 fully saturated rings. The van der Waals surface area contributed by atoms with Crippen molar-refractivity contribution in [1.82, 2.24) is 9.97 Å². The second kappa shape index (κ2) is 7.78. The molecule has 0 bridgehead atoms. The average Bonchev–Trinajstić information content (AvgIpc) is 2.68. The molecule has 5 heteroatoms. The first kappa shape index (κ1) is 17.6. The van der Waals surface area contributed by atoms with Crippen LogP contribution in [0, 0.1) is 0 Å². The first-order chi connectivity index (χ1) is 12.6. The number of nitrogens with zero attached hydrogens (tertiary/aromatic N) is 2. The highest BCUT2D eigenvalue weighted by molar-refractivity contribution is 5.88. The molecule has 1 heterocycles. The molecule has 26 heavy (non-hydrogen) atoms. The third-order valence-electron chi connectivity index (χ3n) is 4.10. The quantitative estimate of drug-likeness (QED) is 0.711. The number of rotatable bonds is 6. The molecule has 3 rings (SSSR count). The molecule has 0 spiro atoms. The third kappa shape index (κ3) is 3.72. The number of benzene rings is 2.